The van der Waals surface area contributed by atoms with Crippen molar-refractivity contribution in [1.82, 2.24) is 4.98 Å². The van der Waals surface area contributed by atoms with Crippen LogP contribution in [-0.4, -0.2) is 19.3 Å². The highest BCUT2D eigenvalue weighted by Crippen LogP contribution is 2.33. The number of aromatic nitrogens is 1. The second-order valence-electron chi connectivity index (χ2n) is 2.93. The number of rotatable bonds is 0. The zero-order chi connectivity index (χ0) is 10.3. The molecule has 0 radical (unpaired) electrons. The van der Waals surface area contributed by atoms with E-state index in [-0.39, 0.29) is 0 Å². The van der Waals surface area contributed by atoms with Gasteiger partial charge in [-0.1, -0.05) is 0 Å². The fourth-order valence-corrected chi connectivity index (χ4v) is 2.16. The van der Waals surface area contributed by atoms with Crippen molar-refractivity contribution in [1.29, 1.82) is 0 Å². The number of pyridine rings is 1. The molecule has 0 aromatic carbocycles. The standard InChI is InChI=1S/C7H8N2O3S2/c1-4-5(13)2-8-7-6(4)9-14(10,11)3-12-7/h2,9,13H,3H2,1H3. The predicted octanol–water partition coefficient (Wildman–Crippen LogP) is 0.770. The van der Waals surface area contributed by atoms with Gasteiger partial charge in [0.1, 0.15) is 5.69 Å². The summed E-state index contributed by atoms with van der Waals surface area (Å²) >= 11 is 4.14. The third-order valence-electron chi connectivity index (χ3n) is 1.89. The van der Waals surface area contributed by atoms with Gasteiger partial charge in [-0.15, -0.1) is 12.6 Å². The summed E-state index contributed by atoms with van der Waals surface area (Å²) in [6.45, 7) is 1.75. The van der Waals surface area contributed by atoms with Crippen LogP contribution < -0.4 is 9.46 Å². The molecule has 1 aromatic rings. The number of thiol groups is 1. The number of hydrogen-bond donors (Lipinski definition) is 2. The summed E-state index contributed by atoms with van der Waals surface area (Å²) in [5.41, 5.74) is 1.09. The minimum absolute atomic E-state index is 0.301. The third-order valence-corrected chi connectivity index (χ3v) is 3.28. The summed E-state index contributed by atoms with van der Waals surface area (Å²) in [6, 6.07) is 0. The Kier molecular flexibility index (Phi) is 2.07. The molecule has 7 heteroatoms. The zero-order valence-electron chi connectivity index (χ0n) is 7.31. The van der Waals surface area contributed by atoms with Gasteiger partial charge >= 0.3 is 0 Å². The van der Waals surface area contributed by atoms with E-state index in [2.05, 4.69) is 22.3 Å². The molecule has 0 amide bonds. The molecule has 0 saturated carbocycles. The number of anilines is 1. The highest BCUT2D eigenvalue weighted by molar-refractivity contribution is 7.92. The molecule has 0 saturated heterocycles. The van der Waals surface area contributed by atoms with Crippen molar-refractivity contribution in [2.45, 2.75) is 11.8 Å². The molecule has 0 atom stereocenters. The second-order valence-corrected chi connectivity index (χ2v) is 5.08. The Morgan fingerprint density at radius 3 is 3.07 bits per heavy atom. The predicted molar refractivity (Wildman–Crippen MR) is 54.3 cm³/mol. The molecule has 14 heavy (non-hydrogen) atoms. The number of sulfonamides is 1. The topological polar surface area (TPSA) is 68.3 Å². The third kappa shape index (κ3) is 1.53. The van der Waals surface area contributed by atoms with E-state index in [4.69, 9.17) is 4.74 Å². The van der Waals surface area contributed by atoms with E-state index in [0.29, 0.717) is 22.0 Å². The van der Waals surface area contributed by atoms with Gasteiger partial charge in [0.05, 0.1) is 0 Å². The van der Waals surface area contributed by atoms with Gasteiger partial charge in [0, 0.05) is 11.1 Å². The van der Waals surface area contributed by atoms with E-state index in [9.17, 15) is 8.42 Å². The Balaban J connectivity index is 2.60. The quantitative estimate of drug-likeness (QED) is 0.648. The molecule has 0 bridgehead atoms. The first-order valence-electron chi connectivity index (χ1n) is 3.81. The minimum Gasteiger partial charge on any atom is -0.458 e. The van der Waals surface area contributed by atoms with Gasteiger partial charge in [-0.2, -0.15) is 0 Å². The Morgan fingerprint density at radius 2 is 2.36 bits per heavy atom. The van der Waals surface area contributed by atoms with Crippen molar-refractivity contribution in [3.8, 4) is 5.88 Å². The van der Waals surface area contributed by atoms with Crippen molar-refractivity contribution in [3.05, 3.63) is 11.8 Å². The van der Waals surface area contributed by atoms with Gasteiger partial charge in [-0.25, -0.2) is 13.4 Å². The van der Waals surface area contributed by atoms with Crippen LogP contribution in [0.3, 0.4) is 0 Å². The summed E-state index contributed by atoms with van der Waals surface area (Å²) in [5.74, 6) is -0.0895. The zero-order valence-corrected chi connectivity index (χ0v) is 9.02. The van der Waals surface area contributed by atoms with E-state index in [1.165, 1.54) is 6.20 Å². The Hall–Kier alpha value is -0.950. The van der Waals surface area contributed by atoms with Gasteiger partial charge in [0.25, 0.3) is 10.0 Å². The van der Waals surface area contributed by atoms with Crippen LogP contribution in [0.5, 0.6) is 5.88 Å². The number of hydrogen-bond acceptors (Lipinski definition) is 5. The van der Waals surface area contributed by atoms with Gasteiger partial charge in [-0.05, 0) is 12.5 Å². The molecule has 0 unspecified atom stereocenters. The van der Waals surface area contributed by atoms with Crippen molar-refractivity contribution in [3.63, 3.8) is 0 Å². The number of nitrogens with zero attached hydrogens (tertiary/aromatic N) is 1. The fraction of sp³-hybridized carbons (Fsp3) is 0.286. The van der Waals surface area contributed by atoms with E-state index >= 15 is 0 Å². The summed E-state index contributed by atoms with van der Waals surface area (Å²) < 4.78 is 29.7. The molecule has 1 aliphatic rings. The molecule has 2 rings (SSSR count). The lowest BCUT2D eigenvalue weighted by molar-refractivity contribution is 0.359. The van der Waals surface area contributed by atoms with Crippen molar-refractivity contribution in [2.24, 2.45) is 0 Å². The van der Waals surface area contributed by atoms with E-state index in [0.717, 1.165) is 0 Å². The van der Waals surface area contributed by atoms with E-state index < -0.39 is 16.0 Å². The maximum absolute atomic E-state index is 11.2. The summed E-state index contributed by atoms with van der Waals surface area (Å²) in [6.07, 6.45) is 1.52. The molecule has 76 valence electrons. The van der Waals surface area contributed by atoms with E-state index in [1.54, 1.807) is 6.92 Å². The normalized spacial score (nSPS) is 17.9. The van der Waals surface area contributed by atoms with Gasteiger partial charge < -0.3 is 4.74 Å². The highest BCUT2D eigenvalue weighted by Gasteiger charge is 2.24. The van der Waals surface area contributed by atoms with Gasteiger partial charge in [0.15, 0.2) is 0 Å². The molecular formula is C7H8N2O3S2. The molecule has 1 aliphatic heterocycles. The number of nitrogens with one attached hydrogen (secondary N) is 1. The van der Waals surface area contributed by atoms with Crippen LogP contribution in [-0.2, 0) is 10.0 Å². The molecular weight excluding hydrogens is 224 g/mol. The van der Waals surface area contributed by atoms with Gasteiger partial charge in [-0.3, -0.25) is 4.72 Å². The molecule has 1 aromatic heterocycles. The van der Waals surface area contributed by atoms with E-state index in [1.807, 2.05) is 0 Å². The molecule has 5 nitrogen and oxygen atoms in total. The second kappa shape index (κ2) is 3.03. The number of ether oxygens (including phenoxy) is 1. The average Bonchev–Trinajstić information content (AvgIpc) is 2.11. The average molecular weight is 232 g/mol. The molecule has 2 heterocycles. The van der Waals surface area contributed by atoms with Crippen molar-refractivity contribution >= 4 is 28.3 Å². The van der Waals surface area contributed by atoms with Crippen LogP contribution in [0.4, 0.5) is 5.69 Å². The number of fused-ring (bicyclic) bond motifs is 1. The lowest BCUT2D eigenvalue weighted by atomic mass is 10.2. The lowest BCUT2D eigenvalue weighted by Gasteiger charge is -2.20. The van der Waals surface area contributed by atoms with Crippen LogP contribution in [0.25, 0.3) is 0 Å². The lowest BCUT2D eigenvalue weighted by Crippen LogP contribution is -2.26. The van der Waals surface area contributed by atoms with Crippen LogP contribution in [0.15, 0.2) is 11.1 Å². The monoisotopic (exact) mass is 232 g/mol. The first-order valence-corrected chi connectivity index (χ1v) is 5.91. The summed E-state index contributed by atoms with van der Waals surface area (Å²) in [5, 5.41) is 0. The molecule has 0 spiro atoms. The molecule has 0 fully saturated rings. The Morgan fingerprint density at radius 1 is 1.64 bits per heavy atom. The molecule has 0 aliphatic carbocycles. The van der Waals surface area contributed by atoms with Crippen LogP contribution >= 0.6 is 12.6 Å². The summed E-state index contributed by atoms with van der Waals surface area (Å²) in [7, 11) is -3.38. The summed E-state index contributed by atoms with van der Waals surface area (Å²) in [4.78, 5) is 4.54. The highest BCUT2D eigenvalue weighted by atomic mass is 32.2. The Labute approximate surface area is 87.0 Å². The Bertz CT molecular complexity index is 484. The smallest absolute Gasteiger partial charge is 0.268 e. The first kappa shape index (κ1) is 9.60. The first-order chi connectivity index (χ1) is 6.49. The fourth-order valence-electron chi connectivity index (χ4n) is 1.12. The largest absolute Gasteiger partial charge is 0.458 e. The van der Waals surface area contributed by atoms with Crippen molar-refractivity contribution < 1.29 is 13.2 Å². The van der Waals surface area contributed by atoms with Gasteiger partial charge in [0.2, 0.25) is 11.8 Å². The minimum atomic E-state index is -3.38. The SMILES string of the molecule is Cc1c(S)cnc2c1NS(=O)(=O)CO2. The van der Waals surface area contributed by atoms with Crippen LogP contribution in [0, 0.1) is 6.92 Å². The molecule has 1 N–H and O–H groups in total. The maximum atomic E-state index is 11.2. The van der Waals surface area contributed by atoms with Crippen LogP contribution in [0.2, 0.25) is 0 Å². The van der Waals surface area contributed by atoms with Crippen LogP contribution in [0.1, 0.15) is 5.56 Å². The maximum Gasteiger partial charge on any atom is 0.268 e. The van der Waals surface area contributed by atoms with Crippen molar-refractivity contribution in [2.75, 3.05) is 10.7 Å².